The van der Waals surface area contributed by atoms with E-state index in [1.165, 1.54) is 11.8 Å². The lowest BCUT2D eigenvalue weighted by atomic mass is 9.96. The highest BCUT2D eigenvalue weighted by Crippen LogP contribution is 2.32. The Kier molecular flexibility index (Phi) is 15.5. The first-order chi connectivity index (χ1) is 14.7. The number of aliphatic imine (C=N–C) groups is 2. The molecule has 0 aromatic carbocycles. The smallest absolute Gasteiger partial charge is 0.135 e. The topological polar surface area (TPSA) is 28.0 Å². The average Bonchev–Trinajstić information content (AvgIpc) is 2.73. The van der Waals surface area contributed by atoms with Crippen molar-refractivity contribution >= 4 is 34.6 Å². The maximum absolute atomic E-state index is 6.74. The van der Waals surface area contributed by atoms with Crippen LogP contribution in [0.5, 0.6) is 0 Å². The molecule has 0 spiro atoms. The third-order valence-corrected chi connectivity index (χ3v) is 5.51. The predicted molar refractivity (Wildman–Crippen MR) is 145 cm³/mol. The van der Waals surface area contributed by atoms with Crippen LogP contribution in [0.25, 0.3) is 0 Å². The fraction of sp³-hybridized carbons (Fsp3) is 0.385. The molecule has 0 heterocycles. The Bertz CT molecular complexity index is 797. The molecule has 0 rings (SSSR count). The molecule has 0 aliphatic heterocycles. The van der Waals surface area contributed by atoms with Crippen LogP contribution in [0, 0.1) is 5.92 Å². The van der Waals surface area contributed by atoms with Crippen molar-refractivity contribution in [1.29, 1.82) is 0 Å². The molecule has 5 heteroatoms. The molecule has 3 nitrogen and oxygen atoms in total. The Morgan fingerprint density at radius 1 is 1.23 bits per heavy atom. The predicted octanol–water partition coefficient (Wildman–Crippen LogP) is 8.62. The van der Waals surface area contributed by atoms with Crippen molar-refractivity contribution in [2.24, 2.45) is 15.9 Å². The zero-order chi connectivity index (χ0) is 23.8. The molecule has 0 aromatic rings. The van der Waals surface area contributed by atoms with Crippen molar-refractivity contribution in [2.75, 3.05) is 7.05 Å². The second kappa shape index (κ2) is 16.6. The number of nitrogens with zero attached hydrogens (tertiary/aromatic N) is 3. The van der Waals surface area contributed by atoms with Gasteiger partial charge < -0.3 is 4.90 Å². The molecule has 0 aromatic heterocycles. The second-order valence-corrected chi connectivity index (χ2v) is 8.59. The van der Waals surface area contributed by atoms with Gasteiger partial charge in [0.1, 0.15) is 5.16 Å². The molecule has 1 unspecified atom stereocenters. The third-order valence-electron chi connectivity index (χ3n) is 4.49. The first-order valence-electron chi connectivity index (χ1n) is 10.6. The Morgan fingerprint density at radius 2 is 1.90 bits per heavy atom. The zero-order valence-electron chi connectivity index (χ0n) is 20.0. The Balaban J connectivity index is 5.98. The van der Waals surface area contributed by atoms with Crippen LogP contribution in [0.15, 0.2) is 93.3 Å². The Morgan fingerprint density at radius 3 is 2.45 bits per heavy atom. The van der Waals surface area contributed by atoms with Gasteiger partial charge in [0.15, 0.2) is 0 Å². The average molecular weight is 460 g/mol. The highest BCUT2D eigenvalue weighted by Gasteiger charge is 2.19. The summed E-state index contributed by atoms with van der Waals surface area (Å²) in [5.41, 5.74) is 2.82. The summed E-state index contributed by atoms with van der Waals surface area (Å²) in [5, 5.41) is 1.88. The lowest BCUT2D eigenvalue weighted by Crippen LogP contribution is -2.20. The fourth-order valence-electron chi connectivity index (χ4n) is 2.55. The summed E-state index contributed by atoms with van der Waals surface area (Å²) in [6.45, 7) is 22.4. The van der Waals surface area contributed by atoms with Crippen molar-refractivity contribution in [3.8, 4) is 0 Å². The molecule has 0 amide bonds. The van der Waals surface area contributed by atoms with Crippen molar-refractivity contribution in [1.82, 2.24) is 4.90 Å². The summed E-state index contributed by atoms with van der Waals surface area (Å²) in [6.07, 6.45) is 16.4. The largest absolute Gasteiger partial charge is 0.345 e. The summed E-state index contributed by atoms with van der Waals surface area (Å²) in [5.74, 6) is 0.204. The van der Waals surface area contributed by atoms with Crippen LogP contribution in [0.2, 0.25) is 0 Å². The second-order valence-electron chi connectivity index (χ2n) is 6.96. The maximum atomic E-state index is 6.74. The van der Waals surface area contributed by atoms with Crippen molar-refractivity contribution in [3.05, 3.63) is 83.3 Å². The SMILES string of the molecule is C=C/C=C\C(=C/CCC)N(C)C(=C)/C(=C(Cl)/N=C(\C)SC(=C)/N=C\C=C/C)C(C)CC. The molecule has 0 radical (unpaired) electrons. The summed E-state index contributed by atoms with van der Waals surface area (Å²) in [7, 11) is 2.01. The molecule has 31 heavy (non-hydrogen) atoms. The van der Waals surface area contributed by atoms with Crippen LogP contribution < -0.4 is 0 Å². The first-order valence-corrected chi connectivity index (χ1v) is 11.8. The molecule has 0 bridgehead atoms. The third kappa shape index (κ3) is 11.2. The number of likely N-dealkylation sites (N-methyl/N-ethyl adjacent to an activating group) is 1. The monoisotopic (exact) mass is 459 g/mol. The molecule has 0 saturated carbocycles. The van der Waals surface area contributed by atoms with Crippen LogP contribution in [0.4, 0.5) is 0 Å². The van der Waals surface area contributed by atoms with Gasteiger partial charge >= 0.3 is 0 Å². The summed E-state index contributed by atoms with van der Waals surface area (Å²) in [6, 6.07) is 0. The fourth-order valence-corrected chi connectivity index (χ4v) is 3.62. The Labute approximate surface area is 199 Å². The minimum absolute atomic E-state index is 0.204. The number of unbranched alkanes of at least 4 members (excludes halogenated alkanes) is 1. The molecule has 170 valence electrons. The van der Waals surface area contributed by atoms with Gasteiger partial charge in [-0.25, -0.2) is 4.99 Å². The van der Waals surface area contributed by atoms with E-state index in [0.29, 0.717) is 10.2 Å². The van der Waals surface area contributed by atoms with Gasteiger partial charge in [-0.05, 0) is 44.8 Å². The lowest BCUT2D eigenvalue weighted by Gasteiger charge is -2.28. The summed E-state index contributed by atoms with van der Waals surface area (Å²) in [4.78, 5) is 11.0. The van der Waals surface area contributed by atoms with Gasteiger partial charge in [0.2, 0.25) is 0 Å². The van der Waals surface area contributed by atoms with E-state index >= 15 is 0 Å². The molecule has 0 aliphatic carbocycles. The van der Waals surface area contributed by atoms with Gasteiger partial charge in [0.05, 0.1) is 10.1 Å². The van der Waals surface area contributed by atoms with Crippen LogP contribution in [-0.4, -0.2) is 23.2 Å². The van der Waals surface area contributed by atoms with Gasteiger partial charge in [-0.15, -0.1) is 0 Å². The molecular formula is C26H38ClN3S. The minimum Gasteiger partial charge on any atom is -0.345 e. The van der Waals surface area contributed by atoms with E-state index in [9.17, 15) is 0 Å². The van der Waals surface area contributed by atoms with Crippen molar-refractivity contribution in [3.63, 3.8) is 0 Å². The van der Waals surface area contributed by atoms with Crippen LogP contribution in [-0.2, 0) is 0 Å². The van der Waals surface area contributed by atoms with Gasteiger partial charge in [-0.1, -0.05) is 94.6 Å². The molecule has 0 N–H and O–H groups in total. The molecule has 0 fully saturated rings. The molecular weight excluding hydrogens is 422 g/mol. The van der Waals surface area contributed by atoms with E-state index in [0.717, 1.165) is 41.3 Å². The van der Waals surface area contributed by atoms with E-state index in [-0.39, 0.29) is 5.92 Å². The van der Waals surface area contributed by atoms with E-state index in [1.807, 2.05) is 45.2 Å². The quantitative estimate of drug-likeness (QED) is 0.119. The standard InChI is InChI=1S/C26H38ClN3S/c1-10-14-17-24(18-15-11-2)30(9)21(6)25(20(5)13-4)26(27)29-23(8)31-22(7)28-19-16-12-3/h10,12,14,16-20H,1,6-7,11,13,15H2,2-5,8-9H3/b16-12-,17-14-,24-18+,26-25+,28-19-,29-23+. The zero-order valence-corrected chi connectivity index (χ0v) is 21.6. The molecule has 1 atom stereocenters. The van der Waals surface area contributed by atoms with E-state index in [1.54, 1.807) is 12.3 Å². The number of allylic oxidation sites excluding steroid dienone is 7. The van der Waals surface area contributed by atoms with Crippen molar-refractivity contribution < 1.29 is 0 Å². The highest BCUT2D eigenvalue weighted by molar-refractivity contribution is 8.17. The van der Waals surface area contributed by atoms with Gasteiger partial charge in [0.25, 0.3) is 0 Å². The van der Waals surface area contributed by atoms with Crippen molar-refractivity contribution in [2.45, 2.75) is 53.9 Å². The van der Waals surface area contributed by atoms with E-state index in [4.69, 9.17) is 11.6 Å². The van der Waals surface area contributed by atoms with Gasteiger partial charge in [-0.2, -0.15) is 0 Å². The van der Waals surface area contributed by atoms with E-state index < -0.39 is 0 Å². The Hall–Kier alpha value is -2.04. The van der Waals surface area contributed by atoms with Gasteiger partial charge in [0, 0.05) is 30.2 Å². The summed E-state index contributed by atoms with van der Waals surface area (Å²) >= 11 is 8.13. The number of hydrogen-bond donors (Lipinski definition) is 0. The number of rotatable bonds is 13. The molecule has 0 saturated heterocycles. The summed E-state index contributed by atoms with van der Waals surface area (Å²) < 4.78 is 0. The lowest BCUT2D eigenvalue weighted by molar-refractivity contribution is 0.513. The number of hydrogen-bond acceptors (Lipinski definition) is 4. The minimum atomic E-state index is 0.204. The first kappa shape index (κ1) is 29.0. The van der Waals surface area contributed by atoms with Gasteiger partial charge in [-0.3, -0.25) is 4.99 Å². The maximum Gasteiger partial charge on any atom is 0.135 e. The molecule has 0 aliphatic rings. The number of thioether (sulfide) groups is 1. The highest BCUT2D eigenvalue weighted by atomic mass is 35.5. The van der Waals surface area contributed by atoms with Crippen LogP contribution >= 0.6 is 23.4 Å². The van der Waals surface area contributed by atoms with Crippen LogP contribution in [0.1, 0.15) is 53.9 Å². The number of halogens is 1. The van der Waals surface area contributed by atoms with E-state index in [2.05, 4.69) is 61.5 Å². The normalized spacial score (nSPS) is 14.9. The van der Waals surface area contributed by atoms with Crippen LogP contribution in [0.3, 0.4) is 0 Å².